The van der Waals surface area contributed by atoms with Crippen molar-refractivity contribution in [2.24, 2.45) is 23.7 Å². The molecule has 2 aliphatic carbocycles. The second-order valence-corrected chi connectivity index (χ2v) is 8.26. The summed E-state index contributed by atoms with van der Waals surface area (Å²) < 4.78 is 0. The molecule has 0 unspecified atom stereocenters. The number of anilines is 1. The van der Waals surface area contributed by atoms with Gasteiger partial charge in [0.2, 0.25) is 17.7 Å². The van der Waals surface area contributed by atoms with Crippen molar-refractivity contribution in [1.82, 2.24) is 15.2 Å². The number of rotatable bonds is 5. The number of carbonyl (C=O) groups is 3. The van der Waals surface area contributed by atoms with Crippen molar-refractivity contribution in [3.8, 4) is 0 Å². The molecule has 1 N–H and O–H groups in total. The number of fused-ring (bicyclic) bond motifs is 5. The summed E-state index contributed by atoms with van der Waals surface area (Å²) >= 11 is 0. The second kappa shape index (κ2) is 6.72. The zero-order valence-electron chi connectivity index (χ0n) is 15.7. The predicted octanol–water partition coefficient (Wildman–Crippen LogP) is 1.11. The van der Waals surface area contributed by atoms with Crippen LogP contribution in [0.2, 0.25) is 0 Å². The molecule has 7 heteroatoms. The molecule has 2 bridgehead atoms. The number of carbonyl (C=O) groups excluding carboxylic acids is 3. The fraction of sp³-hybridized carbons (Fsp3) is 0.524. The van der Waals surface area contributed by atoms with Gasteiger partial charge in [-0.15, -0.1) is 0 Å². The molecule has 2 saturated heterocycles. The van der Waals surface area contributed by atoms with E-state index in [0.717, 1.165) is 35.8 Å². The van der Waals surface area contributed by atoms with Crippen LogP contribution >= 0.6 is 0 Å². The third-order valence-corrected chi connectivity index (χ3v) is 6.59. The summed E-state index contributed by atoms with van der Waals surface area (Å²) in [7, 11) is 0. The molecule has 3 fully saturated rings. The van der Waals surface area contributed by atoms with Crippen LogP contribution in [0, 0.1) is 23.7 Å². The number of allylic oxidation sites excluding steroid dienone is 2. The molecule has 7 nitrogen and oxygen atoms in total. The number of nitrogens with one attached hydrogen (secondary N) is 1. The number of hydrogen-bond donors (Lipinski definition) is 1. The Morgan fingerprint density at radius 3 is 2.36 bits per heavy atom. The summed E-state index contributed by atoms with van der Waals surface area (Å²) in [6.45, 7) is 2.23. The largest absolute Gasteiger partial charge is 0.357 e. The Kier molecular flexibility index (Phi) is 4.18. The summed E-state index contributed by atoms with van der Waals surface area (Å²) in [5.74, 6) is 0.119. The monoisotopic (exact) mass is 380 g/mol. The lowest BCUT2D eigenvalue weighted by molar-refractivity contribution is -0.144. The molecule has 0 aromatic carbocycles. The van der Waals surface area contributed by atoms with Crippen molar-refractivity contribution in [3.63, 3.8) is 0 Å². The van der Waals surface area contributed by atoms with Crippen molar-refractivity contribution < 1.29 is 14.4 Å². The minimum atomic E-state index is -0.314. The summed E-state index contributed by atoms with van der Waals surface area (Å²) in [5, 5.41) is 2.81. The van der Waals surface area contributed by atoms with E-state index in [1.807, 2.05) is 12.1 Å². The van der Waals surface area contributed by atoms with Gasteiger partial charge in [-0.05, 0) is 42.7 Å². The molecule has 0 spiro atoms. The van der Waals surface area contributed by atoms with E-state index < -0.39 is 0 Å². The summed E-state index contributed by atoms with van der Waals surface area (Å²) in [4.78, 5) is 45.5. The van der Waals surface area contributed by atoms with Gasteiger partial charge >= 0.3 is 0 Å². The molecule has 4 aliphatic rings. The quantitative estimate of drug-likeness (QED) is 0.611. The van der Waals surface area contributed by atoms with Crippen LogP contribution in [-0.4, -0.2) is 47.2 Å². The lowest BCUT2D eigenvalue weighted by atomic mass is 9.85. The van der Waals surface area contributed by atoms with Crippen molar-refractivity contribution >= 4 is 23.5 Å². The van der Waals surface area contributed by atoms with E-state index in [2.05, 4.69) is 27.4 Å². The van der Waals surface area contributed by atoms with Gasteiger partial charge in [0, 0.05) is 25.8 Å². The first-order valence-corrected chi connectivity index (χ1v) is 10.1. The van der Waals surface area contributed by atoms with E-state index in [0.29, 0.717) is 6.54 Å². The zero-order chi connectivity index (χ0) is 19.3. The van der Waals surface area contributed by atoms with Gasteiger partial charge in [-0.3, -0.25) is 19.3 Å². The Bertz CT molecular complexity index is 814. The van der Waals surface area contributed by atoms with Crippen LogP contribution in [0.3, 0.4) is 0 Å². The number of likely N-dealkylation sites (tertiary alicyclic amines) is 1. The van der Waals surface area contributed by atoms with E-state index in [1.54, 1.807) is 6.20 Å². The van der Waals surface area contributed by atoms with E-state index in [-0.39, 0.29) is 47.9 Å². The maximum atomic E-state index is 12.6. The molecule has 4 atom stereocenters. The normalized spacial score (nSPS) is 30.4. The first-order valence-electron chi connectivity index (χ1n) is 10.1. The molecule has 3 heterocycles. The van der Waals surface area contributed by atoms with Gasteiger partial charge in [0.15, 0.2) is 0 Å². The number of amides is 3. The number of nitrogens with zero attached hydrogens (tertiary/aromatic N) is 3. The van der Waals surface area contributed by atoms with E-state index in [4.69, 9.17) is 0 Å². The van der Waals surface area contributed by atoms with Crippen LogP contribution in [0.25, 0.3) is 0 Å². The molecule has 1 saturated carbocycles. The minimum Gasteiger partial charge on any atom is -0.357 e. The maximum Gasteiger partial charge on any atom is 0.240 e. The number of pyridine rings is 1. The first-order chi connectivity index (χ1) is 13.6. The first kappa shape index (κ1) is 17.4. The molecular weight excluding hydrogens is 356 g/mol. The van der Waals surface area contributed by atoms with Crippen molar-refractivity contribution in [2.45, 2.75) is 25.8 Å². The highest BCUT2D eigenvalue weighted by Gasteiger charge is 2.59. The van der Waals surface area contributed by atoms with Gasteiger partial charge in [0.05, 0.1) is 11.8 Å². The van der Waals surface area contributed by atoms with Gasteiger partial charge in [0.1, 0.15) is 12.4 Å². The molecule has 1 aromatic heterocycles. The van der Waals surface area contributed by atoms with E-state index >= 15 is 0 Å². The molecule has 3 amide bonds. The minimum absolute atomic E-state index is 0.166. The lowest BCUT2D eigenvalue weighted by Crippen LogP contribution is -2.41. The smallest absolute Gasteiger partial charge is 0.240 e. The Morgan fingerprint density at radius 1 is 1.07 bits per heavy atom. The van der Waals surface area contributed by atoms with E-state index in [1.165, 1.54) is 12.8 Å². The van der Waals surface area contributed by atoms with Crippen molar-refractivity contribution in [1.29, 1.82) is 0 Å². The zero-order valence-corrected chi connectivity index (χ0v) is 15.7. The Hall–Kier alpha value is -2.70. The second-order valence-electron chi connectivity index (χ2n) is 8.26. The molecule has 28 heavy (non-hydrogen) atoms. The average Bonchev–Trinajstić information content (AvgIpc) is 3.49. The highest BCUT2D eigenvalue weighted by molar-refractivity contribution is 6.08. The Morgan fingerprint density at radius 2 is 1.75 bits per heavy atom. The van der Waals surface area contributed by atoms with Gasteiger partial charge in [-0.25, -0.2) is 4.98 Å². The fourth-order valence-corrected chi connectivity index (χ4v) is 5.17. The average molecular weight is 380 g/mol. The van der Waals surface area contributed by atoms with Gasteiger partial charge < -0.3 is 10.2 Å². The van der Waals surface area contributed by atoms with Crippen molar-refractivity contribution in [2.75, 3.05) is 24.5 Å². The Balaban J connectivity index is 1.16. The fourth-order valence-electron chi connectivity index (χ4n) is 5.17. The molecule has 1 aromatic rings. The molecule has 5 rings (SSSR count). The highest BCUT2D eigenvalue weighted by Crippen LogP contribution is 2.52. The number of hydrogen-bond acceptors (Lipinski definition) is 5. The van der Waals surface area contributed by atoms with Gasteiger partial charge in [0.25, 0.3) is 0 Å². The molecule has 146 valence electrons. The standard InChI is InChI=1S/C21H24N4O3/c26-17(23-11-13-3-6-16(22-10-13)24-7-1-2-8-24)12-25-20(27)18-14-4-5-15(9-14)19(18)21(25)28/h3-6,10,14-15,18-19H,1-2,7-9,11-12H2,(H,23,26)/t14-,15-,18-,19+/m0/s1. The summed E-state index contributed by atoms with van der Waals surface area (Å²) in [5.41, 5.74) is 0.898. The topological polar surface area (TPSA) is 82.6 Å². The lowest BCUT2D eigenvalue weighted by Gasteiger charge is -2.17. The highest BCUT2D eigenvalue weighted by atomic mass is 16.2. The number of aromatic nitrogens is 1. The maximum absolute atomic E-state index is 12.6. The number of imide groups is 1. The van der Waals surface area contributed by atoms with Crippen LogP contribution < -0.4 is 10.2 Å². The van der Waals surface area contributed by atoms with Crippen LogP contribution in [0.5, 0.6) is 0 Å². The summed E-state index contributed by atoms with van der Waals surface area (Å²) in [6, 6.07) is 3.94. The van der Waals surface area contributed by atoms with Crippen LogP contribution in [-0.2, 0) is 20.9 Å². The third-order valence-electron chi connectivity index (χ3n) is 6.59. The van der Waals surface area contributed by atoms with Crippen LogP contribution in [0.4, 0.5) is 5.82 Å². The van der Waals surface area contributed by atoms with Crippen molar-refractivity contribution in [3.05, 3.63) is 36.0 Å². The predicted molar refractivity (Wildman–Crippen MR) is 102 cm³/mol. The van der Waals surface area contributed by atoms with Crippen LogP contribution in [0.1, 0.15) is 24.8 Å². The summed E-state index contributed by atoms with van der Waals surface area (Å²) in [6.07, 6.45) is 9.18. The Labute approximate surface area is 163 Å². The van der Waals surface area contributed by atoms with Gasteiger partial charge in [-0.1, -0.05) is 18.2 Å². The van der Waals surface area contributed by atoms with Gasteiger partial charge in [-0.2, -0.15) is 0 Å². The molecule has 2 aliphatic heterocycles. The molecular formula is C21H24N4O3. The molecule has 0 radical (unpaired) electrons. The van der Waals surface area contributed by atoms with E-state index in [9.17, 15) is 14.4 Å². The SMILES string of the molecule is O=C(CN1C(=O)[C@@H]2[C@H](C1=O)[C@H]1C=C[C@H]2C1)NCc1ccc(N2CCCC2)nc1. The van der Waals surface area contributed by atoms with Crippen LogP contribution in [0.15, 0.2) is 30.5 Å². The third kappa shape index (κ3) is 2.80.